The van der Waals surface area contributed by atoms with Gasteiger partial charge in [0.15, 0.2) is 0 Å². The van der Waals surface area contributed by atoms with Crippen LogP contribution in [0.5, 0.6) is 0 Å². The minimum Gasteiger partial charge on any atom is -0.468 e. The number of likely N-dealkylation sites (N-methyl/N-ethyl adjacent to an activating group) is 1. The highest BCUT2D eigenvalue weighted by Gasteiger charge is 2.07. The first-order chi connectivity index (χ1) is 7.36. The second-order valence-corrected chi connectivity index (χ2v) is 4.33. The Hall–Kier alpha value is -0.450. The van der Waals surface area contributed by atoms with Gasteiger partial charge in [0.2, 0.25) is 0 Å². The van der Waals surface area contributed by atoms with Crippen molar-refractivity contribution in [2.24, 2.45) is 0 Å². The van der Waals surface area contributed by atoms with Gasteiger partial charge in [-0.3, -0.25) is 0 Å². The molecule has 3 nitrogen and oxygen atoms in total. The van der Waals surface area contributed by atoms with E-state index >= 15 is 0 Å². The van der Waals surface area contributed by atoms with Crippen LogP contribution in [0.3, 0.4) is 0 Å². The molecule has 1 rings (SSSR count). The summed E-state index contributed by atoms with van der Waals surface area (Å²) in [5, 5.41) is 3.39. The summed E-state index contributed by atoms with van der Waals surface area (Å²) < 4.78 is 10.4. The van der Waals surface area contributed by atoms with Crippen molar-refractivity contribution in [3.63, 3.8) is 0 Å². The molecule has 0 fully saturated rings. The zero-order valence-electron chi connectivity index (χ0n) is 9.36. The third kappa shape index (κ3) is 5.25. The standard InChI is InChI=1S/C11H19NO2S/c1-3-12-10(7-13-2)8-15-9-11-5-4-6-14-11/h4-6,10,12H,3,7-9H2,1-2H3. The Morgan fingerprint density at radius 2 is 2.47 bits per heavy atom. The van der Waals surface area contributed by atoms with Crippen molar-refractivity contribution in [1.82, 2.24) is 5.32 Å². The molecule has 4 heteroatoms. The van der Waals surface area contributed by atoms with Crippen molar-refractivity contribution in [3.05, 3.63) is 24.2 Å². The Labute approximate surface area is 95.6 Å². The smallest absolute Gasteiger partial charge is 0.113 e. The number of rotatable bonds is 8. The minimum atomic E-state index is 0.431. The van der Waals surface area contributed by atoms with Crippen LogP contribution < -0.4 is 5.32 Å². The fourth-order valence-electron chi connectivity index (χ4n) is 1.35. The molecule has 0 aliphatic heterocycles. The predicted molar refractivity (Wildman–Crippen MR) is 64.2 cm³/mol. The molecule has 86 valence electrons. The molecule has 0 bridgehead atoms. The van der Waals surface area contributed by atoms with E-state index in [2.05, 4.69) is 12.2 Å². The molecule has 0 radical (unpaired) electrons. The number of nitrogens with one attached hydrogen (secondary N) is 1. The van der Waals surface area contributed by atoms with Crippen molar-refractivity contribution >= 4 is 11.8 Å². The maximum Gasteiger partial charge on any atom is 0.113 e. The molecule has 0 aromatic carbocycles. The molecule has 0 aliphatic carbocycles. The van der Waals surface area contributed by atoms with Crippen LogP contribution in [0, 0.1) is 0 Å². The molecule has 0 amide bonds. The van der Waals surface area contributed by atoms with Gasteiger partial charge in [0.05, 0.1) is 18.6 Å². The normalized spacial score (nSPS) is 12.9. The van der Waals surface area contributed by atoms with Gasteiger partial charge in [-0.25, -0.2) is 0 Å². The maximum atomic E-state index is 5.26. The van der Waals surface area contributed by atoms with Gasteiger partial charge in [0.25, 0.3) is 0 Å². The lowest BCUT2D eigenvalue weighted by atomic mass is 10.3. The molecule has 1 unspecified atom stereocenters. The van der Waals surface area contributed by atoms with Crippen LogP contribution in [-0.4, -0.2) is 32.1 Å². The van der Waals surface area contributed by atoms with Gasteiger partial charge >= 0.3 is 0 Å². The van der Waals surface area contributed by atoms with Crippen LogP contribution in [0.1, 0.15) is 12.7 Å². The summed E-state index contributed by atoms with van der Waals surface area (Å²) in [4.78, 5) is 0. The highest BCUT2D eigenvalue weighted by molar-refractivity contribution is 7.98. The fraction of sp³-hybridized carbons (Fsp3) is 0.636. The summed E-state index contributed by atoms with van der Waals surface area (Å²) in [7, 11) is 1.74. The first-order valence-electron chi connectivity index (χ1n) is 5.19. The van der Waals surface area contributed by atoms with E-state index in [1.54, 1.807) is 13.4 Å². The summed E-state index contributed by atoms with van der Waals surface area (Å²) >= 11 is 1.86. The molecule has 1 aromatic rings. The van der Waals surface area contributed by atoms with Crippen LogP contribution in [-0.2, 0) is 10.5 Å². The van der Waals surface area contributed by atoms with E-state index in [0.717, 1.165) is 30.4 Å². The number of thioether (sulfide) groups is 1. The molecule has 15 heavy (non-hydrogen) atoms. The second-order valence-electron chi connectivity index (χ2n) is 3.30. The van der Waals surface area contributed by atoms with E-state index in [-0.39, 0.29) is 0 Å². The van der Waals surface area contributed by atoms with Gasteiger partial charge in [-0.05, 0) is 18.7 Å². The van der Waals surface area contributed by atoms with Crippen LogP contribution in [0.2, 0.25) is 0 Å². The molecule has 1 aromatic heterocycles. The summed E-state index contributed by atoms with van der Waals surface area (Å²) in [5.74, 6) is 3.01. The summed E-state index contributed by atoms with van der Waals surface area (Å²) in [6.45, 7) is 3.86. The monoisotopic (exact) mass is 229 g/mol. The van der Waals surface area contributed by atoms with E-state index in [1.165, 1.54) is 0 Å². The average molecular weight is 229 g/mol. The Kier molecular flexibility index (Phi) is 6.55. The number of hydrogen-bond donors (Lipinski definition) is 1. The van der Waals surface area contributed by atoms with Gasteiger partial charge in [0.1, 0.15) is 5.76 Å². The average Bonchev–Trinajstić information content (AvgIpc) is 2.71. The van der Waals surface area contributed by atoms with E-state index in [0.29, 0.717) is 6.04 Å². The highest BCUT2D eigenvalue weighted by Crippen LogP contribution is 2.13. The number of hydrogen-bond acceptors (Lipinski definition) is 4. The topological polar surface area (TPSA) is 34.4 Å². The van der Waals surface area contributed by atoms with E-state index < -0.39 is 0 Å². The Morgan fingerprint density at radius 1 is 1.60 bits per heavy atom. The second kappa shape index (κ2) is 7.79. The summed E-state index contributed by atoms with van der Waals surface area (Å²) in [5.41, 5.74) is 0. The largest absolute Gasteiger partial charge is 0.468 e. The predicted octanol–water partition coefficient (Wildman–Crippen LogP) is 2.14. The molecular formula is C11H19NO2S. The van der Waals surface area contributed by atoms with Crippen molar-refractivity contribution in [3.8, 4) is 0 Å². The number of furan rings is 1. The molecule has 0 saturated carbocycles. The third-order valence-corrected chi connectivity index (χ3v) is 3.13. The molecule has 0 spiro atoms. The first kappa shape index (κ1) is 12.6. The minimum absolute atomic E-state index is 0.431. The lowest BCUT2D eigenvalue weighted by Gasteiger charge is -2.15. The van der Waals surface area contributed by atoms with Gasteiger partial charge < -0.3 is 14.5 Å². The van der Waals surface area contributed by atoms with Crippen molar-refractivity contribution in [2.45, 2.75) is 18.7 Å². The van der Waals surface area contributed by atoms with Crippen LogP contribution in [0.25, 0.3) is 0 Å². The van der Waals surface area contributed by atoms with Crippen LogP contribution in [0.15, 0.2) is 22.8 Å². The van der Waals surface area contributed by atoms with Crippen molar-refractivity contribution < 1.29 is 9.15 Å². The fourth-order valence-corrected chi connectivity index (χ4v) is 2.33. The summed E-state index contributed by atoms with van der Waals surface area (Å²) in [6.07, 6.45) is 1.72. The van der Waals surface area contributed by atoms with Gasteiger partial charge in [-0.2, -0.15) is 11.8 Å². The first-order valence-corrected chi connectivity index (χ1v) is 6.34. The maximum absolute atomic E-state index is 5.26. The van der Waals surface area contributed by atoms with Crippen molar-refractivity contribution in [2.75, 3.05) is 26.0 Å². The van der Waals surface area contributed by atoms with Gasteiger partial charge in [-0.15, -0.1) is 0 Å². The van der Waals surface area contributed by atoms with Gasteiger partial charge in [-0.1, -0.05) is 6.92 Å². The molecule has 1 heterocycles. The molecule has 0 aliphatic rings. The van der Waals surface area contributed by atoms with Gasteiger partial charge in [0, 0.05) is 18.9 Å². The van der Waals surface area contributed by atoms with E-state index in [9.17, 15) is 0 Å². The molecule has 0 saturated heterocycles. The van der Waals surface area contributed by atoms with E-state index in [1.807, 2.05) is 23.9 Å². The Balaban J connectivity index is 2.15. The van der Waals surface area contributed by atoms with Crippen molar-refractivity contribution in [1.29, 1.82) is 0 Å². The van der Waals surface area contributed by atoms with Crippen LogP contribution in [0.4, 0.5) is 0 Å². The number of ether oxygens (including phenoxy) is 1. The lowest BCUT2D eigenvalue weighted by molar-refractivity contribution is 0.174. The zero-order valence-corrected chi connectivity index (χ0v) is 10.2. The molecular weight excluding hydrogens is 210 g/mol. The van der Waals surface area contributed by atoms with Crippen LogP contribution >= 0.6 is 11.8 Å². The SMILES string of the molecule is CCNC(COC)CSCc1ccco1. The number of methoxy groups -OCH3 is 1. The third-order valence-electron chi connectivity index (χ3n) is 2.00. The molecule has 1 N–H and O–H groups in total. The molecule has 1 atom stereocenters. The highest BCUT2D eigenvalue weighted by atomic mass is 32.2. The Bertz CT molecular complexity index is 233. The zero-order chi connectivity index (χ0) is 10.9. The lowest BCUT2D eigenvalue weighted by Crippen LogP contribution is -2.35. The summed E-state index contributed by atoms with van der Waals surface area (Å²) in [6, 6.07) is 4.36. The quantitative estimate of drug-likeness (QED) is 0.740. The Morgan fingerprint density at radius 3 is 3.07 bits per heavy atom. The van der Waals surface area contributed by atoms with E-state index in [4.69, 9.17) is 9.15 Å².